The molecule has 0 aromatic carbocycles. The molecule has 0 saturated heterocycles. The summed E-state index contributed by atoms with van der Waals surface area (Å²) < 4.78 is 0.848. The van der Waals surface area contributed by atoms with Crippen molar-refractivity contribution in [1.82, 2.24) is 4.98 Å². The SMILES string of the molecule is N#Cc1cc2c(nc1I)CCCC2. The monoisotopic (exact) mass is 284 g/mol. The second-order valence-electron chi connectivity index (χ2n) is 3.25. The third kappa shape index (κ3) is 1.68. The van der Waals surface area contributed by atoms with E-state index in [0.717, 1.165) is 22.1 Å². The van der Waals surface area contributed by atoms with Gasteiger partial charge in [0.25, 0.3) is 0 Å². The standard InChI is InChI=1S/C10H9IN2/c11-10-8(6-12)5-7-3-1-2-4-9(7)13-10/h5H,1-4H2. The Kier molecular flexibility index (Phi) is 2.49. The van der Waals surface area contributed by atoms with Crippen LogP contribution in [0.2, 0.25) is 0 Å². The van der Waals surface area contributed by atoms with Crippen LogP contribution in [-0.4, -0.2) is 4.98 Å². The van der Waals surface area contributed by atoms with Crippen LogP contribution in [0.25, 0.3) is 0 Å². The lowest BCUT2D eigenvalue weighted by Crippen LogP contribution is -2.07. The Morgan fingerprint density at radius 1 is 1.38 bits per heavy atom. The van der Waals surface area contributed by atoms with Gasteiger partial charge >= 0.3 is 0 Å². The lowest BCUT2D eigenvalue weighted by atomic mass is 9.95. The number of pyridine rings is 1. The van der Waals surface area contributed by atoms with Gasteiger partial charge in [-0.2, -0.15) is 5.26 Å². The molecule has 0 bridgehead atoms. The zero-order valence-corrected chi connectivity index (χ0v) is 9.34. The first kappa shape index (κ1) is 8.95. The quantitative estimate of drug-likeness (QED) is 0.542. The van der Waals surface area contributed by atoms with Crippen LogP contribution in [0.5, 0.6) is 0 Å². The molecule has 66 valence electrons. The van der Waals surface area contributed by atoms with Gasteiger partial charge < -0.3 is 0 Å². The summed E-state index contributed by atoms with van der Waals surface area (Å²) in [6.07, 6.45) is 4.65. The maximum absolute atomic E-state index is 8.83. The Bertz CT molecular complexity index is 379. The van der Waals surface area contributed by atoms with Crippen LogP contribution in [0.4, 0.5) is 0 Å². The van der Waals surface area contributed by atoms with Crippen LogP contribution >= 0.6 is 22.6 Å². The first-order chi connectivity index (χ1) is 6.31. The zero-order valence-electron chi connectivity index (χ0n) is 7.18. The van der Waals surface area contributed by atoms with Gasteiger partial charge in [0.05, 0.1) is 5.56 Å². The van der Waals surface area contributed by atoms with Crippen molar-refractivity contribution in [3.05, 3.63) is 26.6 Å². The van der Waals surface area contributed by atoms with E-state index >= 15 is 0 Å². The molecule has 1 aromatic heterocycles. The second-order valence-corrected chi connectivity index (χ2v) is 4.27. The predicted octanol–water partition coefficient (Wildman–Crippen LogP) is 2.44. The lowest BCUT2D eigenvalue weighted by Gasteiger charge is -2.14. The molecule has 0 radical (unpaired) electrons. The number of hydrogen-bond acceptors (Lipinski definition) is 2. The first-order valence-corrected chi connectivity index (χ1v) is 5.47. The number of rotatable bonds is 0. The van der Waals surface area contributed by atoms with Crippen LogP contribution in [0.1, 0.15) is 29.7 Å². The fourth-order valence-corrected chi connectivity index (χ4v) is 2.25. The zero-order chi connectivity index (χ0) is 9.26. The molecule has 0 unspecified atom stereocenters. The van der Waals surface area contributed by atoms with E-state index in [4.69, 9.17) is 5.26 Å². The van der Waals surface area contributed by atoms with E-state index in [0.29, 0.717) is 0 Å². The summed E-state index contributed by atoms with van der Waals surface area (Å²) in [7, 11) is 0. The minimum absolute atomic E-state index is 0.723. The summed E-state index contributed by atoms with van der Waals surface area (Å²) >= 11 is 2.13. The van der Waals surface area contributed by atoms with Gasteiger partial charge in [-0.05, 0) is 59.9 Å². The Labute approximate surface area is 91.1 Å². The normalized spacial score (nSPS) is 14.8. The van der Waals surface area contributed by atoms with Crippen molar-refractivity contribution in [3.63, 3.8) is 0 Å². The van der Waals surface area contributed by atoms with Gasteiger partial charge in [0, 0.05) is 5.69 Å². The molecule has 0 atom stereocenters. The third-order valence-corrected chi connectivity index (χ3v) is 3.20. The van der Waals surface area contributed by atoms with Gasteiger partial charge in [-0.3, -0.25) is 0 Å². The summed E-state index contributed by atoms with van der Waals surface area (Å²) in [6.45, 7) is 0. The van der Waals surface area contributed by atoms with Gasteiger partial charge in [-0.1, -0.05) is 0 Å². The van der Waals surface area contributed by atoms with Gasteiger partial charge in [-0.15, -0.1) is 0 Å². The summed E-state index contributed by atoms with van der Waals surface area (Å²) in [6, 6.07) is 4.18. The topological polar surface area (TPSA) is 36.7 Å². The van der Waals surface area contributed by atoms with Crippen molar-refractivity contribution >= 4 is 22.6 Å². The summed E-state index contributed by atoms with van der Waals surface area (Å²) in [5, 5.41) is 8.83. The molecule has 1 heterocycles. The van der Waals surface area contributed by atoms with E-state index in [2.05, 4.69) is 33.6 Å². The number of aromatic nitrogens is 1. The summed E-state index contributed by atoms with van der Waals surface area (Å²) in [5.74, 6) is 0. The van der Waals surface area contributed by atoms with Crippen LogP contribution in [0, 0.1) is 15.0 Å². The van der Waals surface area contributed by atoms with E-state index in [1.54, 1.807) is 0 Å². The Balaban J connectivity index is 2.52. The smallest absolute Gasteiger partial charge is 0.119 e. The molecule has 1 aliphatic rings. The van der Waals surface area contributed by atoms with Crippen LogP contribution in [0.15, 0.2) is 6.07 Å². The Morgan fingerprint density at radius 3 is 2.92 bits per heavy atom. The highest BCUT2D eigenvalue weighted by molar-refractivity contribution is 14.1. The number of fused-ring (bicyclic) bond motifs is 1. The highest BCUT2D eigenvalue weighted by atomic mass is 127. The number of hydrogen-bond donors (Lipinski definition) is 0. The van der Waals surface area contributed by atoms with Crippen LogP contribution in [-0.2, 0) is 12.8 Å². The molecule has 0 fully saturated rings. The molecule has 1 aliphatic carbocycles. The van der Waals surface area contributed by atoms with Crippen molar-refractivity contribution < 1.29 is 0 Å². The van der Waals surface area contributed by atoms with E-state index in [1.807, 2.05) is 6.07 Å². The molecule has 0 aliphatic heterocycles. The Hall–Kier alpha value is -0.630. The lowest BCUT2D eigenvalue weighted by molar-refractivity contribution is 0.665. The maximum Gasteiger partial charge on any atom is 0.119 e. The third-order valence-electron chi connectivity index (χ3n) is 2.37. The van der Waals surface area contributed by atoms with Gasteiger partial charge in [-0.25, -0.2) is 4.98 Å². The maximum atomic E-state index is 8.83. The predicted molar refractivity (Wildman–Crippen MR) is 58.3 cm³/mol. The van der Waals surface area contributed by atoms with Crippen molar-refractivity contribution in [1.29, 1.82) is 5.26 Å². The molecule has 2 rings (SSSR count). The van der Waals surface area contributed by atoms with E-state index in [1.165, 1.54) is 24.1 Å². The molecule has 0 N–H and O–H groups in total. The highest BCUT2D eigenvalue weighted by Gasteiger charge is 2.13. The summed E-state index contributed by atoms with van der Waals surface area (Å²) in [4.78, 5) is 4.45. The minimum atomic E-state index is 0.723. The van der Waals surface area contributed by atoms with E-state index < -0.39 is 0 Å². The molecule has 13 heavy (non-hydrogen) atoms. The number of halogens is 1. The van der Waals surface area contributed by atoms with Crippen molar-refractivity contribution in [3.8, 4) is 6.07 Å². The van der Waals surface area contributed by atoms with Gasteiger partial charge in [0.1, 0.15) is 9.77 Å². The molecule has 3 heteroatoms. The molecule has 0 spiro atoms. The molecule has 0 amide bonds. The number of aryl methyl sites for hydroxylation is 2. The first-order valence-electron chi connectivity index (χ1n) is 4.39. The average Bonchev–Trinajstić information content (AvgIpc) is 2.17. The minimum Gasteiger partial charge on any atom is -0.245 e. The van der Waals surface area contributed by atoms with Crippen molar-refractivity contribution in [2.75, 3.05) is 0 Å². The fourth-order valence-electron chi connectivity index (χ4n) is 1.69. The molecule has 2 nitrogen and oxygen atoms in total. The fraction of sp³-hybridized carbons (Fsp3) is 0.400. The molecular weight excluding hydrogens is 275 g/mol. The van der Waals surface area contributed by atoms with E-state index in [-0.39, 0.29) is 0 Å². The number of nitrogens with zero attached hydrogens (tertiary/aromatic N) is 2. The molecule has 1 aromatic rings. The van der Waals surface area contributed by atoms with Gasteiger partial charge in [0.15, 0.2) is 0 Å². The van der Waals surface area contributed by atoms with Crippen molar-refractivity contribution in [2.45, 2.75) is 25.7 Å². The highest BCUT2D eigenvalue weighted by Crippen LogP contribution is 2.22. The van der Waals surface area contributed by atoms with Crippen molar-refractivity contribution in [2.24, 2.45) is 0 Å². The van der Waals surface area contributed by atoms with Gasteiger partial charge in [0.2, 0.25) is 0 Å². The Morgan fingerprint density at radius 2 is 2.15 bits per heavy atom. The van der Waals surface area contributed by atoms with E-state index in [9.17, 15) is 0 Å². The number of nitriles is 1. The van der Waals surface area contributed by atoms with Crippen LogP contribution in [0.3, 0.4) is 0 Å². The molecular formula is C10H9IN2. The second kappa shape index (κ2) is 3.62. The van der Waals surface area contributed by atoms with Crippen LogP contribution < -0.4 is 0 Å². The molecule has 0 saturated carbocycles. The largest absolute Gasteiger partial charge is 0.245 e. The average molecular weight is 284 g/mol. The summed E-state index contributed by atoms with van der Waals surface area (Å²) in [5.41, 5.74) is 3.21.